The highest BCUT2D eigenvalue weighted by Gasteiger charge is 2.19. The van der Waals surface area contributed by atoms with Crippen LogP contribution in [0.4, 0.5) is 0 Å². The van der Waals surface area contributed by atoms with Gasteiger partial charge in [0.15, 0.2) is 0 Å². The number of aryl methyl sites for hydroxylation is 1. The fourth-order valence-electron chi connectivity index (χ4n) is 2.85. The third-order valence-electron chi connectivity index (χ3n) is 3.81. The molecule has 0 saturated heterocycles. The molecule has 0 spiro atoms. The largest absolute Gasteiger partial charge is 0.507 e. The molecule has 1 aliphatic heterocycles. The van der Waals surface area contributed by atoms with E-state index < -0.39 is 0 Å². The summed E-state index contributed by atoms with van der Waals surface area (Å²) < 4.78 is 5.73. The van der Waals surface area contributed by atoms with Gasteiger partial charge in [-0.25, -0.2) is 0 Å². The lowest BCUT2D eigenvalue weighted by atomic mass is 9.97. The van der Waals surface area contributed by atoms with Crippen molar-refractivity contribution in [3.05, 3.63) is 47.5 Å². The average Bonchev–Trinajstić information content (AvgIpc) is 2.80. The molecule has 0 saturated carbocycles. The van der Waals surface area contributed by atoms with Crippen molar-refractivity contribution in [1.82, 2.24) is 0 Å². The summed E-state index contributed by atoms with van der Waals surface area (Å²) in [5.41, 5.74) is 4.48. The van der Waals surface area contributed by atoms with Crippen LogP contribution in [0.2, 0.25) is 0 Å². The van der Waals surface area contributed by atoms with Crippen LogP contribution < -0.4 is 4.74 Å². The zero-order valence-electron chi connectivity index (χ0n) is 12.0. The Morgan fingerprint density at radius 2 is 2.05 bits per heavy atom. The van der Waals surface area contributed by atoms with Gasteiger partial charge in [0.25, 0.3) is 0 Å². The van der Waals surface area contributed by atoms with Crippen molar-refractivity contribution < 1.29 is 9.84 Å². The zero-order chi connectivity index (χ0) is 14.1. The zero-order valence-corrected chi connectivity index (χ0v) is 12.0. The molecule has 0 amide bonds. The quantitative estimate of drug-likeness (QED) is 0.897. The van der Waals surface area contributed by atoms with Gasteiger partial charge in [-0.1, -0.05) is 25.5 Å². The molecule has 3 rings (SSSR count). The van der Waals surface area contributed by atoms with Gasteiger partial charge in [0.2, 0.25) is 0 Å². The first-order chi connectivity index (χ1) is 9.67. The monoisotopic (exact) mass is 268 g/mol. The van der Waals surface area contributed by atoms with Crippen LogP contribution in [0.3, 0.4) is 0 Å². The number of benzene rings is 2. The van der Waals surface area contributed by atoms with Crippen LogP contribution in [0, 0.1) is 0 Å². The van der Waals surface area contributed by atoms with Gasteiger partial charge in [0.1, 0.15) is 17.6 Å². The summed E-state index contributed by atoms with van der Waals surface area (Å²) in [5, 5.41) is 10.1. The molecule has 104 valence electrons. The van der Waals surface area contributed by atoms with E-state index in [1.54, 1.807) is 6.07 Å². The van der Waals surface area contributed by atoms with E-state index in [2.05, 4.69) is 26.0 Å². The second-order valence-electron chi connectivity index (χ2n) is 5.56. The number of rotatable bonds is 3. The third-order valence-corrected chi connectivity index (χ3v) is 3.81. The minimum atomic E-state index is 0.250. The van der Waals surface area contributed by atoms with Crippen LogP contribution in [0.1, 0.15) is 31.4 Å². The first-order valence-corrected chi connectivity index (χ1v) is 7.29. The van der Waals surface area contributed by atoms with E-state index in [1.165, 1.54) is 11.1 Å². The molecular weight excluding hydrogens is 248 g/mol. The molecule has 2 aromatic rings. The van der Waals surface area contributed by atoms with Gasteiger partial charge in [-0.05, 0) is 54.3 Å². The van der Waals surface area contributed by atoms with E-state index >= 15 is 0 Å². The maximum Gasteiger partial charge on any atom is 0.123 e. The highest BCUT2D eigenvalue weighted by Crippen LogP contribution is 2.36. The third kappa shape index (κ3) is 2.38. The molecule has 0 bridgehead atoms. The van der Waals surface area contributed by atoms with Crippen LogP contribution in [0.15, 0.2) is 36.4 Å². The summed E-state index contributed by atoms with van der Waals surface area (Å²) in [6.07, 6.45) is 3.34. The first kappa shape index (κ1) is 13.0. The number of fused-ring (bicyclic) bond motifs is 1. The molecule has 1 atom stereocenters. The second-order valence-corrected chi connectivity index (χ2v) is 5.56. The van der Waals surface area contributed by atoms with Crippen molar-refractivity contribution in [2.45, 2.75) is 39.2 Å². The molecular formula is C18H20O2. The molecule has 2 heteroatoms. The summed E-state index contributed by atoms with van der Waals surface area (Å²) in [5.74, 6) is 1.32. The number of phenolic OH excluding ortho intramolecular Hbond substituents is 1. The Kier molecular flexibility index (Phi) is 3.39. The van der Waals surface area contributed by atoms with Crippen molar-refractivity contribution in [3.63, 3.8) is 0 Å². The fourth-order valence-corrected chi connectivity index (χ4v) is 2.85. The SMILES string of the molecule is CCCc1ccc(O)c(-c2ccc3c(c2)CC(C)O3)c1. The molecule has 0 fully saturated rings. The smallest absolute Gasteiger partial charge is 0.123 e. The minimum Gasteiger partial charge on any atom is -0.507 e. The molecule has 0 radical (unpaired) electrons. The van der Waals surface area contributed by atoms with Crippen molar-refractivity contribution in [2.75, 3.05) is 0 Å². The number of phenols is 1. The van der Waals surface area contributed by atoms with E-state index in [9.17, 15) is 5.11 Å². The summed E-state index contributed by atoms with van der Waals surface area (Å²) in [6, 6.07) is 12.1. The maximum absolute atomic E-state index is 10.1. The van der Waals surface area contributed by atoms with Gasteiger partial charge in [-0.3, -0.25) is 0 Å². The fraction of sp³-hybridized carbons (Fsp3) is 0.333. The first-order valence-electron chi connectivity index (χ1n) is 7.29. The predicted octanol–water partition coefficient (Wildman–Crippen LogP) is 4.34. The number of aromatic hydroxyl groups is 1. The van der Waals surface area contributed by atoms with Gasteiger partial charge in [-0.2, -0.15) is 0 Å². The lowest BCUT2D eigenvalue weighted by Gasteiger charge is -2.09. The van der Waals surface area contributed by atoms with E-state index in [-0.39, 0.29) is 6.10 Å². The van der Waals surface area contributed by atoms with Crippen molar-refractivity contribution in [2.24, 2.45) is 0 Å². The van der Waals surface area contributed by atoms with E-state index in [4.69, 9.17) is 4.74 Å². The minimum absolute atomic E-state index is 0.250. The Bertz CT molecular complexity index is 631. The van der Waals surface area contributed by atoms with Gasteiger partial charge in [0, 0.05) is 12.0 Å². The standard InChI is InChI=1S/C18H20O2/c1-3-4-13-5-7-17(19)16(10-13)14-6-8-18-15(11-14)9-12(2)20-18/h5-8,10-12,19H,3-4,9H2,1-2H3. The van der Waals surface area contributed by atoms with Gasteiger partial charge >= 0.3 is 0 Å². The number of hydrogen-bond donors (Lipinski definition) is 1. The van der Waals surface area contributed by atoms with Crippen molar-refractivity contribution in [3.8, 4) is 22.6 Å². The lowest BCUT2D eigenvalue weighted by Crippen LogP contribution is -2.05. The van der Waals surface area contributed by atoms with Crippen molar-refractivity contribution in [1.29, 1.82) is 0 Å². The molecule has 0 aliphatic carbocycles. The Labute approximate surface area is 120 Å². The highest BCUT2D eigenvalue weighted by atomic mass is 16.5. The topological polar surface area (TPSA) is 29.5 Å². The molecule has 20 heavy (non-hydrogen) atoms. The van der Waals surface area contributed by atoms with Crippen LogP contribution in [0.5, 0.6) is 11.5 Å². The van der Waals surface area contributed by atoms with Gasteiger partial charge in [0.05, 0.1) is 0 Å². The molecule has 1 aliphatic rings. The Balaban J connectivity index is 2.01. The van der Waals surface area contributed by atoms with Crippen LogP contribution >= 0.6 is 0 Å². The normalized spacial score (nSPS) is 16.8. The van der Waals surface area contributed by atoms with E-state index in [0.717, 1.165) is 36.1 Å². The van der Waals surface area contributed by atoms with Crippen LogP contribution in [-0.2, 0) is 12.8 Å². The summed E-state index contributed by atoms with van der Waals surface area (Å²) in [7, 11) is 0. The molecule has 2 nitrogen and oxygen atoms in total. The molecule has 1 heterocycles. The average molecular weight is 268 g/mol. The van der Waals surface area contributed by atoms with Crippen LogP contribution in [-0.4, -0.2) is 11.2 Å². The number of hydrogen-bond acceptors (Lipinski definition) is 2. The molecule has 2 aromatic carbocycles. The van der Waals surface area contributed by atoms with Gasteiger partial charge in [-0.15, -0.1) is 0 Å². The predicted molar refractivity (Wildman–Crippen MR) is 81.3 cm³/mol. The molecule has 1 unspecified atom stereocenters. The Morgan fingerprint density at radius 3 is 2.85 bits per heavy atom. The van der Waals surface area contributed by atoms with E-state index in [1.807, 2.05) is 18.2 Å². The number of ether oxygens (including phenoxy) is 1. The maximum atomic E-state index is 10.1. The molecule has 0 aromatic heterocycles. The highest BCUT2D eigenvalue weighted by molar-refractivity contribution is 5.72. The van der Waals surface area contributed by atoms with Crippen LogP contribution in [0.25, 0.3) is 11.1 Å². The Hall–Kier alpha value is -1.96. The van der Waals surface area contributed by atoms with Crippen molar-refractivity contribution >= 4 is 0 Å². The second kappa shape index (κ2) is 5.20. The Morgan fingerprint density at radius 1 is 1.20 bits per heavy atom. The molecule has 1 N–H and O–H groups in total. The van der Waals surface area contributed by atoms with Gasteiger partial charge < -0.3 is 9.84 Å². The lowest BCUT2D eigenvalue weighted by molar-refractivity contribution is 0.254. The summed E-state index contributed by atoms with van der Waals surface area (Å²) >= 11 is 0. The summed E-state index contributed by atoms with van der Waals surface area (Å²) in [4.78, 5) is 0. The van der Waals surface area contributed by atoms with E-state index in [0.29, 0.717) is 5.75 Å². The summed E-state index contributed by atoms with van der Waals surface area (Å²) in [6.45, 7) is 4.25.